The lowest BCUT2D eigenvalue weighted by molar-refractivity contribution is -0.116. The number of carbonyl (C=O) groups is 1. The molecule has 81 valence electrons. The molecule has 0 aliphatic rings. The predicted molar refractivity (Wildman–Crippen MR) is 63.7 cm³/mol. The minimum Gasteiger partial charge on any atom is -0.326 e. The third-order valence-corrected chi connectivity index (χ3v) is 2.25. The first kappa shape index (κ1) is 11.8. The first-order valence-corrected chi connectivity index (χ1v) is 5.44. The molecule has 1 radical (unpaired) electrons. The summed E-state index contributed by atoms with van der Waals surface area (Å²) < 4.78 is 0. The summed E-state index contributed by atoms with van der Waals surface area (Å²) in [5.41, 5.74) is 1.81. The number of hydrogen-bond donors (Lipinski definition) is 1. The van der Waals surface area contributed by atoms with Crippen molar-refractivity contribution in [1.29, 1.82) is 0 Å². The highest BCUT2D eigenvalue weighted by Crippen LogP contribution is 2.09. The molecular weight excluding hydrogens is 186 g/mol. The van der Waals surface area contributed by atoms with Gasteiger partial charge in [0.25, 0.3) is 0 Å². The zero-order chi connectivity index (χ0) is 11.1. The second kappa shape index (κ2) is 6.23. The smallest absolute Gasteiger partial charge is 0.224 e. The first-order valence-electron chi connectivity index (χ1n) is 5.44. The van der Waals surface area contributed by atoms with Gasteiger partial charge in [0.2, 0.25) is 5.91 Å². The van der Waals surface area contributed by atoms with Crippen LogP contribution in [0.3, 0.4) is 0 Å². The van der Waals surface area contributed by atoms with Gasteiger partial charge in [0, 0.05) is 12.1 Å². The van der Waals surface area contributed by atoms with Gasteiger partial charge in [-0.15, -0.1) is 0 Å². The van der Waals surface area contributed by atoms with Crippen LogP contribution < -0.4 is 5.32 Å². The number of anilines is 1. The average molecular weight is 204 g/mol. The highest BCUT2D eigenvalue weighted by Gasteiger charge is 2.00. The second-order valence-corrected chi connectivity index (χ2v) is 3.70. The maximum Gasteiger partial charge on any atom is 0.224 e. The van der Waals surface area contributed by atoms with Gasteiger partial charge in [-0.1, -0.05) is 31.9 Å². The lowest BCUT2D eigenvalue weighted by atomic mass is 10.2. The molecule has 1 aromatic rings. The number of amides is 1. The average Bonchev–Trinajstić information content (AvgIpc) is 2.22. The molecule has 0 unspecified atom stereocenters. The van der Waals surface area contributed by atoms with Gasteiger partial charge in [0.1, 0.15) is 0 Å². The van der Waals surface area contributed by atoms with E-state index in [1.807, 2.05) is 24.3 Å². The van der Waals surface area contributed by atoms with Gasteiger partial charge in [-0.3, -0.25) is 4.79 Å². The molecule has 1 aromatic carbocycles. The van der Waals surface area contributed by atoms with E-state index in [1.165, 1.54) is 0 Å². The number of rotatable bonds is 5. The van der Waals surface area contributed by atoms with E-state index in [1.54, 1.807) is 0 Å². The maximum atomic E-state index is 11.4. The Morgan fingerprint density at radius 2 is 1.93 bits per heavy atom. The monoisotopic (exact) mass is 204 g/mol. The summed E-state index contributed by atoms with van der Waals surface area (Å²) in [6.45, 7) is 5.92. The summed E-state index contributed by atoms with van der Waals surface area (Å²) in [6, 6.07) is 7.53. The van der Waals surface area contributed by atoms with Crippen LogP contribution in [0.15, 0.2) is 24.3 Å². The van der Waals surface area contributed by atoms with Gasteiger partial charge in [-0.25, -0.2) is 0 Å². The minimum atomic E-state index is 0.0975. The summed E-state index contributed by atoms with van der Waals surface area (Å²) in [7, 11) is 0. The van der Waals surface area contributed by atoms with E-state index in [4.69, 9.17) is 0 Å². The van der Waals surface area contributed by atoms with E-state index in [2.05, 4.69) is 19.2 Å². The fourth-order valence-corrected chi connectivity index (χ4v) is 1.35. The van der Waals surface area contributed by atoms with Crippen molar-refractivity contribution in [3.8, 4) is 0 Å². The molecule has 0 aliphatic carbocycles. The molecule has 0 fully saturated rings. The minimum absolute atomic E-state index is 0.0975. The quantitative estimate of drug-likeness (QED) is 0.732. The summed E-state index contributed by atoms with van der Waals surface area (Å²) in [6.07, 6.45) is 3.84. The van der Waals surface area contributed by atoms with Crippen molar-refractivity contribution >= 4 is 11.6 Å². The Hall–Kier alpha value is -1.31. The molecule has 0 bridgehead atoms. The third-order valence-electron chi connectivity index (χ3n) is 2.25. The van der Waals surface area contributed by atoms with Crippen molar-refractivity contribution < 1.29 is 4.79 Å². The van der Waals surface area contributed by atoms with E-state index in [0.29, 0.717) is 6.42 Å². The maximum absolute atomic E-state index is 11.4. The Kier molecular flexibility index (Phi) is 4.88. The largest absolute Gasteiger partial charge is 0.326 e. The van der Waals surface area contributed by atoms with Crippen molar-refractivity contribution in [2.45, 2.75) is 32.6 Å². The molecule has 0 atom stereocenters. The van der Waals surface area contributed by atoms with Crippen molar-refractivity contribution in [3.05, 3.63) is 36.8 Å². The van der Waals surface area contributed by atoms with Gasteiger partial charge in [0.05, 0.1) is 0 Å². The molecule has 2 nitrogen and oxygen atoms in total. The van der Waals surface area contributed by atoms with Crippen LogP contribution >= 0.6 is 0 Å². The van der Waals surface area contributed by atoms with Gasteiger partial charge in [-0.05, 0) is 31.0 Å². The second-order valence-electron chi connectivity index (χ2n) is 3.70. The molecule has 2 heteroatoms. The van der Waals surface area contributed by atoms with Crippen LogP contribution in [-0.4, -0.2) is 5.91 Å². The first-order chi connectivity index (χ1) is 7.22. The van der Waals surface area contributed by atoms with Crippen LogP contribution in [0.5, 0.6) is 0 Å². The molecule has 0 heterocycles. The van der Waals surface area contributed by atoms with Crippen molar-refractivity contribution in [2.75, 3.05) is 5.32 Å². The summed E-state index contributed by atoms with van der Waals surface area (Å²) in [5.74, 6) is 0.0975. The zero-order valence-electron chi connectivity index (χ0n) is 9.25. The van der Waals surface area contributed by atoms with Crippen LogP contribution in [0.4, 0.5) is 5.69 Å². The number of benzene rings is 1. The summed E-state index contributed by atoms with van der Waals surface area (Å²) in [5, 5.41) is 2.86. The van der Waals surface area contributed by atoms with E-state index < -0.39 is 0 Å². The molecule has 0 aliphatic heterocycles. The fraction of sp³-hybridized carbons (Fsp3) is 0.385. The molecule has 0 spiro atoms. The van der Waals surface area contributed by atoms with Crippen molar-refractivity contribution in [2.24, 2.45) is 0 Å². The fourth-order valence-electron chi connectivity index (χ4n) is 1.35. The lowest BCUT2D eigenvalue weighted by Crippen LogP contribution is -2.10. The van der Waals surface area contributed by atoms with Crippen LogP contribution in [0.2, 0.25) is 0 Å². The highest BCUT2D eigenvalue weighted by atomic mass is 16.1. The van der Waals surface area contributed by atoms with Crippen LogP contribution in [0, 0.1) is 6.92 Å². The Balaban J connectivity index is 2.34. The van der Waals surface area contributed by atoms with Gasteiger partial charge < -0.3 is 5.32 Å². The molecule has 0 saturated heterocycles. The molecule has 1 N–H and O–H groups in total. The van der Waals surface area contributed by atoms with Crippen LogP contribution in [0.1, 0.15) is 38.2 Å². The lowest BCUT2D eigenvalue weighted by Gasteiger charge is -2.04. The standard InChI is InChI=1S/C13H18NO/c1-3-4-5-6-13(15)14-12-9-7-11(2)8-10-12/h7-10H,2-6H2,1H3,(H,14,15). The third kappa shape index (κ3) is 4.63. The normalized spacial score (nSPS) is 10.0. The predicted octanol–water partition coefficient (Wildman–Crippen LogP) is 3.39. The van der Waals surface area contributed by atoms with Crippen LogP contribution in [0.25, 0.3) is 0 Å². The Morgan fingerprint density at radius 3 is 2.53 bits per heavy atom. The van der Waals surface area contributed by atoms with Crippen LogP contribution in [-0.2, 0) is 4.79 Å². The molecular formula is C13H18NO. The van der Waals surface area contributed by atoms with Gasteiger partial charge in [-0.2, -0.15) is 0 Å². The zero-order valence-corrected chi connectivity index (χ0v) is 9.25. The Bertz CT molecular complexity index is 303. The molecule has 1 amide bonds. The Morgan fingerprint density at radius 1 is 1.27 bits per heavy atom. The van der Waals surface area contributed by atoms with Crippen molar-refractivity contribution in [3.63, 3.8) is 0 Å². The molecule has 0 saturated carbocycles. The Labute approximate surface area is 91.7 Å². The number of nitrogens with one attached hydrogen (secondary N) is 1. The number of carbonyl (C=O) groups excluding carboxylic acids is 1. The van der Waals surface area contributed by atoms with E-state index in [9.17, 15) is 4.79 Å². The molecule has 0 aromatic heterocycles. The van der Waals surface area contributed by atoms with Gasteiger partial charge in [0.15, 0.2) is 0 Å². The van der Waals surface area contributed by atoms with E-state index in [0.717, 1.165) is 30.5 Å². The summed E-state index contributed by atoms with van der Waals surface area (Å²) in [4.78, 5) is 11.4. The highest BCUT2D eigenvalue weighted by molar-refractivity contribution is 5.90. The number of hydrogen-bond acceptors (Lipinski definition) is 1. The summed E-state index contributed by atoms with van der Waals surface area (Å²) >= 11 is 0. The SMILES string of the molecule is [CH2]c1ccc(NC(=O)CCCCC)cc1. The van der Waals surface area contributed by atoms with E-state index >= 15 is 0 Å². The molecule has 15 heavy (non-hydrogen) atoms. The molecule has 1 rings (SSSR count). The van der Waals surface area contributed by atoms with E-state index in [-0.39, 0.29) is 5.91 Å². The van der Waals surface area contributed by atoms with Crippen molar-refractivity contribution in [1.82, 2.24) is 0 Å². The topological polar surface area (TPSA) is 29.1 Å². The van der Waals surface area contributed by atoms with Gasteiger partial charge >= 0.3 is 0 Å². The number of unbranched alkanes of at least 4 members (excludes halogenated alkanes) is 2.